The highest BCUT2D eigenvalue weighted by Gasteiger charge is 2.15. The van der Waals surface area contributed by atoms with Gasteiger partial charge in [0.25, 0.3) is 5.91 Å². The second kappa shape index (κ2) is 8.03. The van der Waals surface area contributed by atoms with Crippen molar-refractivity contribution in [2.24, 2.45) is 0 Å². The summed E-state index contributed by atoms with van der Waals surface area (Å²) < 4.78 is 0. The van der Waals surface area contributed by atoms with Crippen LogP contribution in [0.4, 0.5) is 5.69 Å². The summed E-state index contributed by atoms with van der Waals surface area (Å²) in [6, 6.07) is 19.9. The van der Waals surface area contributed by atoms with Crippen molar-refractivity contribution in [1.82, 2.24) is 4.98 Å². The number of amides is 1. The molecule has 0 bridgehead atoms. The molecule has 0 radical (unpaired) electrons. The smallest absolute Gasteiger partial charge is 0.256 e. The summed E-state index contributed by atoms with van der Waals surface area (Å²) >= 11 is 18.3. The zero-order valence-electron chi connectivity index (χ0n) is 15.3. The van der Waals surface area contributed by atoms with Crippen molar-refractivity contribution in [3.63, 3.8) is 0 Å². The maximum Gasteiger partial charge on any atom is 0.256 e. The Labute approximate surface area is 183 Å². The zero-order chi connectivity index (χ0) is 20.5. The maximum atomic E-state index is 13.2. The minimum absolute atomic E-state index is 0.240. The van der Waals surface area contributed by atoms with E-state index in [9.17, 15) is 4.79 Å². The fourth-order valence-corrected chi connectivity index (χ4v) is 3.56. The number of carbonyl (C=O) groups is 1. The van der Waals surface area contributed by atoms with Crippen LogP contribution in [0.3, 0.4) is 0 Å². The Balaban J connectivity index is 1.83. The number of pyridine rings is 1. The monoisotopic (exact) mass is 440 g/mol. The summed E-state index contributed by atoms with van der Waals surface area (Å²) in [5.41, 5.74) is 4.22. The largest absolute Gasteiger partial charge is 0.322 e. The van der Waals surface area contributed by atoms with Gasteiger partial charge in [-0.25, -0.2) is 4.98 Å². The first-order valence-corrected chi connectivity index (χ1v) is 9.98. The summed E-state index contributed by atoms with van der Waals surface area (Å²) in [7, 11) is 0. The standard InChI is InChI=1S/C23H15Cl3N2O/c1-13-6-8-15(24)11-21(13)28-23(29)17-12-22(14-7-9-18(25)19(26)10-14)27-20-5-3-2-4-16(17)20/h2-12H,1H3,(H,28,29). The van der Waals surface area contributed by atoms with Gasteiger partial charge in [0.05, 0.1) is 26.8 Å². The predicted molar refractivity (Wildman–Crippen MR) is 121 cm³/mol. The highest BCUT2D eigenvalue weighted by Crippen LogP contribution is 2.30. The Hall–Kier alpha value is -2.59. The summed E-state index contributed by atoms with van der Waals surface area (Å²) in [4.78, 5) is 17.9. The lowest BCUT2D eigenvalue weighted by molar-refractivity contribution is 0.102. The van der Waals surface area contributed by atoms with E-state index in [1.54, 1.807) is 30.3 Å². The van der Waals surface area contributed by atoms with Crippen LogP contribution in [0.15, 0.2) is 66.7 Å². The Kier molecular flexibility index (Phi) is 5.46. The molecule has 0 unspecified atom stereocenters. The van der Waals surface area contributed by atoms with E-state index >= 15 is 0 Å². The van der Waals surface area contributed by atoms with Gasteiger partial charge in [-0.05, 0) is 48.9 Å². The first-order valence-electron chi connectivity index (χ1n) is 8.85. The molecule has 0 atom stereocenters. The van der Waals surface area contributed by atoms with E-state index in [0.29, 0.717) is 37.5 Å². The summed E-state index contributed by atoms with van der Waals surface area (Å²) in [5.74, 6) is -0.240. The third kappa shape index (κ3) is 4.08. The Morgan fingerprint density at radius 2 is 1.69 bits per heavy atom. The van der Waals surface area contributed by atoms with Crippen LogP contribution < -0.4 is 5.32 Å². The third-order valence-electron chi connectivity index (χ3n) is 4.62. The van der Waals surface area contributed by atoms with Crippen LogP contribution in [0.1, 0.15) is 15.9 Å². The van der Waals surface area contributed by atoms with Crippen molar-refractivity contribution in [1.29, 1.82) is 0 Å². The molecular weight excluding hydrogens is 427 g/mol. The van der Waals surface area contributed by atoms with E-state index in [1.807, 2.05) is 43.3 Å². The number of para-hydroxylation sites is 1. The number of nitrogens with one attached hydrogen (secondary N) is 1. The number of aryl methyl sites for hydroxylation is 1. The van der Waals surface area contributed by atoms with Crippen molar-refractivity contribution in [2.75, 3.05) is 5.32 Å². The van der Waals surface area contributed by atoms with E-state index in [0.717, 1.165) is 16.5 Å². The van der Waals surface area contributed by atoms with Gasteiger partial charge in [-0.1, -0.05) is 65.1 Å². The Morgan fingerprint density at radius 3 is 2.48 bits per heavy atom. The molecule has 0 aliphatic heterocycles. The number of hydrogen-bond donors (Lipinski definition) is 1. The summed E-state index contributed by atoms with van der Waals surface area (Å²) in [5, 5.41) is 5.17. The fraction of sp³-hybridized carbons (Fsp3) is 0.0435. The number of halogens is 3. The van der Waals surface area contributed by atoms with Crippen LogP contribution in [-0.4, -0.2) is 10.9 Å². The molecule has 3 nitrogen and oxygen atoms in total. The summed E-state index contributed by atoms with van der Waals surface area (Å²) in [6.07, 6.45) is 0. The second-order valence-electron chi connectivity index (χ2n) is 6.61. The summed E-state index contributed by atoms with van der Waals surface area (Å²) in [6.45, 7) is 1.91. The average molecular weight is 442 g/mol. The molecule has 6 heteroatoms. The van der Waals surface area contributed by atoms with E-state index in [1.165, 1.54) is 0 Å². The average Bonchev–Trinajstić information content (AvgIpc) is 2.72. The quantitative estimate of drug-likeness (QED) is 0.359. The van der Waals surface area contributed by atoms with Crippen molar-refractivity contribution >= 4 is 57.3 Å². The van der Waals surface area contributed by atoms with Gasteiger partial charge in [0.1, 0.15) is 0 Å². The van der Waals surface area contributed by atoms with Gasteiger partial charge >= 0.3 is 0 Å². The van der Waals surface area contributed by atoms with Gasteiger partial charge in [0.15, 0.2) is 0 Å². The molecule has 1 amide bonds. The minimum Gasteiger partial charge on any atom is -0.322 e. The maximum absolute atomic E-state index is 13.2. The third-order valence-corrected chi connectivity index (χ3v) is 5.60. The number of carbonyl (C=O) groups excluding carboxylic acids is 1. The molecule has 144 valence electrons. The first-order chi connectivity index (χ1) is 13.9. The molecular formula is C23H15Cl3N2O. The molecule has 0 saturated carbocycles. The number of aromatic nitrogens is 1. The van der Waals surface area contributed by atoms with Gasteiger partial charge in [0, 0.05) is 21.7 Å². The highest BCUT2D eigenvalue weighted by molar-refractivity contribution is 6.42. The lowest BCUT2D eigenvalue weighted by Crippen LogP contribution is -2.14. The van der Waals surface area contributed by atoms with Crippen LogP contribution in [0, 0.1) is 6.92 Å². The lowest BCUT2D eigenvalue weighted by Gasteiger charge is -2.12. The van der Waals surface area contributed by atoms with Gasteiger partial charge in [0.2, 0.25) is 0 Å². The van der Waals surface area contributed by atoms with Crippen LogP contribution in [-0.2, 0) is 0 Å². The number of fused-ring (bicyclic) bond motifs is 1. The van der Waals surface area contributed by atoms with Crippen LogP contribution in [0.25, 0.3) is 22.2 Å². The van der Waals surface area contributed by atoms with Crippen molar-refractivity contribution < 1.29 is 4.79 Å². The molecule has 1 aromatic heterocycles. The highest BCUT2D eigenvalue weighted by atomic mass is 35.5. The van der Waals surface area contributed by atoms with Gasteiger partial charge in [-0.2, -0.15) is 0 Å². The fourth-order valence-electron chi connectivity index (χ4n) is 3.09. The molecule has 4 rings (SSSR count). The van der Waals surface area contributed by atoms with Crippen LogP contribution >= 0.6 is 34.8 Å². The van der Waals surface area contributed by atoms with Crippen molar-refractivity contribution in [3.05, 3.63) is 92.9 Å². The number of rotatable bonds is 3. The van der Waals surface area contributed by atoms with Gasteiger partial charge < -0.3 is 5.32 Å². The predicted octanol–water partition coefficient (Wildman–Crippen LogP) is 7.42. The molecule has 3 aromatic carbocycles. The van der Waals surface area contributed by atoms with E-state index in [-0.39, 0.29) is 5.91 Å². The van der Waals surface area contributed by atoms with E-state index < -0.39 is 0 Å². The molecule has 4 aromatic rings. The SMILES string of the molecule is Cc1ccc(Cl)cc1NC(=O)c1cc(-c2ccc(Cl)c(Cl)c2)nc2ccccc12. The normalized spacial score (nSPS) is 10.9. The number of nitrogens with zero attached hydrogens (tertiary/aromatic N) is 1. The van der Waals surface area contributed by atoms with E-state index in [4.69, 9.17) is 39.8 Å². The molecule has 0 saturated heterocycles. The Morgan fingerprint density at radius 1 is 0.897 bits per heavy atom. The zero-order valence-corrected chi connectivity index (χ0v) is 17.6. The molecule has 0 aliphatic rings. The van der Waals surface area contributed by atoms with Crippen molar-refractivity contribution in [3.8, 4) is 11.3 Å². The second-order valence-corrected chi connectivity index (χ2v) is 7.87. The number of anilines is 1. The molecule has 0 fully saturated rings. The molecule has 0 aliphatic carbocycles. The molecule has 1 N–H and O–H groups in total. The Bertz CT molecular complexity index is 1250. The van der Waals surface area contributed by atoms with Gasteiger partial charge in [-0.15, -0.1) is 0 Å². The number of benzene rings is 3. The van der Waals surface area contributed by atoms with Crippen LogP contribution in [0.2, 0.25) is 15.1 Å². The first kappa shape index (κ1) is 19.7. The van der Waals surface area contributed by atoms with Crippen molar-refractivity contribution in [2.45, 2.75) is 6.92 Å². The molecule has 29 heavy (non-hydrogen) atoms. The topological polar surface area (TPSA) is 42.0 Å². The molecule has 1 heterocycles. The lowest BCUT2D eigenvalue weighted by atomic mass is 10.0. The minimum atomic E-state index is -0.240. The van der Waals surface area contributed by atoms with E-state index in [2.05, 4.69) is 5.32 Å². The van der Waals surface area contributed by atoms with Gasteiger partial charge in [-0.3, -0.25) is 4.79 Å². The number of hydrogen-bond acceptors (Lipinski definition) is 2. The van der Waals surface area contributed by atoms with Crippen LogP contribution in [0.5, 0.6) is 0 Å². The molecule has 0 spiro atoms.